The van der Waals surface area contributed by atoms with Crippen molar-refractivity contribution >= 4 is 60.5 Å². The van der Waals surface area contributed by atoms with Crippen LogP contribution in [0.3, 0.4) is 0 Å². The van der Waals surface area contributed by atoms with Crippen molar-refractivity contribution in [3.63, 3.8) is 0 Å². The highest BCUT2D eigenvalue weighted by molar-refractivity contribution is 7.95. The van der Waals surface area contributed by atoms with Crippen LogP contribution in [0, 0.1) is 6.92 Å². The Hall–Kier alpha value is -1.34. The molecule has 0 saturated carbocycles. The lowest BCUT2D eigenvalue weighted by atomic mass is 10.2. The molecular weight excluding hydrogens is 680 g/mol. The molecule has 0 radical (unpaired) electrons. The molecule has 4 rings (SSSR count). The highest BCUT2D eigenvalue weighted by Gasteiger charge is 2.47. The molecule has 0 spiro atoms. The summed E-state index contributed by atoms with van der Waals surface area (Å²) in [5.74, 6) is 0. The van der Waals surface area contributed by atoms with Gasteiger partial charge < -0.3 is 28.4 Å². The van der Waals surface area contributed by atoms with E-state index in [-0.39, 0.29) is 35.1 Å². The summed E-state index contributed by atoms with van der Waals surface area (Å²) in [6.45, 7) is 13.5. The van der Waals surface area contributed by atoms with Crippen LogP contribution in [0.15, 0.2) is 101 Å². The van der Waals surface area contributed by atoms with E-state index in [1.807, 2.05) is 13.0 Å². The molecule has 2 nitrogen and oxygen atoms in total. The van der Waals surface area contributed by atoms with E-state index in [9.17, 15) is 0 Å². The van der Waals surface area contributed by atoms with Crippen molar-refractivity contribution < 1.29 is 28.4 Å². The average molecular weight is 720 g/mol. The normalized spacial score (nSPS) is 13.5. The van der Waals surface area contributed by atoms with Crippen LogP contribution >= 0.6 is 30.2 Å². The number of nitrogens with zero attached hydrogens (tertiary/aromatic N) is 1. The molecule has 0 fully saturated rings. The van der Waals surface area contributed by atoms with E-state index >= 15 is 0 Å². The molecule has 0 aliphatic carbocycles. The number of aryl methyl sites for hydroxylation is 1. The van der Waals surface area contributed by atoms with Gasteiger partial charge in [0.05, 0.1) is 23.0 Å². The van der Waals surface area contributed by atoms with Crippen LogP contribution in [0.2, 0.25) is 18.1 Å². The fraction of sp³-hybridized carbons (Fsp3) is 0.303. The SMILES string of the molecule is Cc1nc(C=C(Cl)C(CC[P+](c2ccccc2)(c2ccccc2)c2ccccc2)O[Si](C)(C)C(C)(C)C)cs1.[I-]. The molecule has 40 heavy (non-hydrogen) atoms. The summed E-state index contributed by atoms with van der Waals surface area (Å²) >= 11 is 8.79. The van der Waals surface area contributed by atoms with Crippen LogP contribution < -0.4 is 39.9 Å². The van der Waals surface area contributed by atoms with Crippen molar-refractivity contribution in [2.45, 2.75) is 58.4 Å². The molecule has 0 aliphatic heterocycles. The predicted molar refractivity (Wildman–Crippen MR) is 177 cm³/mol. The molecule has 4 aromatic rings. The molecule has 0 amide bonds. The second-order valence-electron chi connectivity index (χ2n) is 11.5. The number of thiazole rings is 1. The van der Waals surface area contributed by atoms with Crippen LogP contribution in [0.1, 0.15) is 37.9 Å². The largest absolute Gasteiger partial charge is 1.00 e. The summed E-state index contributed by atoms with van der Waals surface area (Å²) in [4.78, 5) is 4.65. The third kappa shape index (κ3) is 7.73. The molecule has 7 heteroatoms. The Bertz CT molecular complexity index is 1280. The van der Waals surface area contributed by atoms with Gasteiger partial charge >= 0.3 is 0 Å². The predicted octanol–water partition coefficient (Wildman–Crippen LogP) is 5.81. The molecule has 0 bridgehead atoms. The Labute approximate surface area is 268 Å². The molecule has 212 valence electrons. The maximum absolute atomic E-state index is 7.15. The number of hydrogen-bond donors (Lipinski definition) is 0. The van der Waals surface area contributed by atoms with Crippen molar-refractivity contribution in [2.24, 2.45) is 0 Å². The maximum atomic E-state index is 7.15. The topological polar surface area (TPSA) is 22.1 Å². The lowest BCUT2D eigenvalue weighted by Gasteiger charge is -2.39. The molecule has 1 aromatic heterocycles. The van der Waals surface area contributed by atoms with Gasteiger partial charge in [-0.2, -0.15) is 0 Å². The van der Waals surface area contributed by atoms with Crippen LogP contribution in [-0.4, -0.2) is 25.6 Å². The van der Waals surface area contributed by atoms with E-state index in [4.69, 9.17) is 16.0 Å². The first kappa shape index (κ1) is 33.2. The van der Waals surface area contributed by atoms with Gasteiger partial charge in [-0.05, 0) is 67.5 Å². The van der Waals surface area contributed by atoms with E-state index in [1.165, 1.54) is 15.9 Å². The zero-order chi connectivity index (χ0) is 28.1. The molecule has 0 aliphatic rings. The first-order chi connectivity index (χ1) is 18.5. The Morgan fingerprint density at radius 2 is 1.35 bits per heavy atom. The summed E-state index contributed by atoms with van der Waals surface area (Å²) in [5, 5.41) is 8.05. The summed E-state index contributed by atoms with van der Waals surface area (Å²) in [5.41, 5.74) is 0.904. The van der Waals surface area contributed by atoms with E-state index in [2.05, 4.69) is 135 Å². The summed E-state index contributed by atoms with van der Waals surface area (Å²) in [6.07, 6.45) is 3.57. The Morgan fingerprint density at radius 1 is 0.900 bits per heavy atom. The lowest BCUT2D eigenvalue weighted by molar-refractivity contribution is -0.00000924. The zero-order valence-electron chi connectivity index (χ0n) is 24.3. The van der Waals surface area contributed by atoms with E-state index in [1.54, 1.807) is 11.3 Å². The van der Waals surface area contributed by atoms with Crippen molar-refractivity contribution in [2.75, 3.05) is 6.16 Å². The average Bonchev–Trinajstić information content (AvgIpc) is 3.33. The number of aromatic nitrogens is 1. The summed E-state index contributed by atoms with van der Waals surface area (Å²) < 4.78 is 7.08. The molecule has 1 atom stereocenters. The molecular formula is C33H40ClINOPSSi. The van der Waals surface area contributed by atoms with Crippen LogP contribution in [0.4, 0.5) is 0 Å². The fourth-order valence-corrected chi connectivity index (χ4v) is 11.2. The Kier molecular flexibility index (Phi) is 11.8. The summed E-state index contributed by atoms with van der Waals surface area (Å²) in [7, 11) is -4.10. The highest BCUT2D eigenvalue weighted by atomic mass is 127. The number of benzene rings is 3. The Morgan fingerprint density at radius 3 is 1.73 bits per heavy atom. The second-order valence-corrected chi connectivity index (χ2v) is 21.4. The standard InChI is InChI=1S/C33H40ClNOPSSi.HI/c1-26-35-27(25-38-26)24-31(34)32(36-39(5,6)33(2,3)4)22-23-37(28-16-10-7-11-17-28,29-18-12-8-13-19-29)30-20-14-9-15-21-30;/h7-21,24-25,32H,22-23H2,1-6H3;1H/q+1;/p-1. The highest BCUT2D eigenvalue weighted by Crippen LogP contribution is 2.56. The van der Waals surface area contributed by atoms with Gasteiger partial charge in [-0.1, -0.05) is 87.0 Å². The third-order valence-electron chi connectivity index (χ3n) is 7.79. The number of rotatable bonds is 10. The molecule has 0 N–H and O–H groups in total. The van der Waals surface area contributed by atoms with Gasteiger partial charge in [0.25, 0.3) is 0 Å². The van der Waals surface area contributed by atoms with Crippen LogP contribution in [0.5, 0.6) is 0 Å². The van der Waals surface area contributed by atoms with Gasteiger partial charge in [0.2, 0.25) is 0 Å². The minimum atomic E-state index is -2.11. The monoisotopic (exact) mass is 719 g/mol. The van der Waals surface area contributed by atoms with Gasteiger partial charge in [0, 0.05) is 16.8 Å². The van der Waals surface area contributed by atoms with Gasteiger partial charge in [-0.3, -0.25) is 0 Å². The fourth-order valence-electron chi connectivity index (χ4n) is 4.66. The van der Waals surface area contributed by atoms with Crippen molar-refractivity contribution in [3.8, 4) is 0 Å². The molecule has 1 unspecified atom stereocenters. The first-order valence-electron chi connectivity index (χ1n) is 13.5. The molecule has 3 aromatic carbocycles. The van der Waals surface area contributed by atoms with E-state index < -0.39 is 15.6 Å². The number of hydrogen-bond acceptors (Lipinski definition) is 3. The van der Waals surface area contributed by atoms with E-state index in [0.717, 1.165) is 28.3 Å². The lowest BCUT2D eigenvalue weighted by Crippen LogP contribution is -3.00. The van der Waals surface area contributed by atoms with Crippen LogP contribution in [0.25, 0.3) is 6.08 Å². The minimum Gasteiger partial charge on any atom is -1.00 e. The zero-order valence-corrected chi connectivity index (χ0v) is 29.9. The smallest absolute Gasteiger partial charge is 0.192 e. The first-order valence-corrected chi connectivity index (χ1v) is 19.7. The van der Waals surface area contributed by atoms with Crippen molar-refractivity contribution in [1.82, 2.24) is 4.98 Å². The third-order valence-corrected chi connectivity index (χ3v) is 17.9. The molecule has 1 heterocycles. The van der Waals surface area contributed by atoms with E-state index in [0.29, 0.717) is 0 Å². The van der Waals surface area contributed by atoms with Crippen LogP contribution in [-0.2, 0) is 4.43 Å². The second kappa shape index (κ2) is 14.2. The van der Waals surface area contributed by atoms with Crippen molar-refractivity contribution in [1.29, 1.82) is 0 Å². The Balaban J connectivity index is 0.00000441. The minimum absolute atomic E-state index is 0. The van der Waals surface area contributed by atoms with Gasteiger partial charge in [0.15, 0.2) is 8.32 Å². The van der Waals surface area contributed by atoms with Gasteiger partial charge in [-0.15, -0.1) is 11.3 Å². The maximum Gasteiger partial charge on any atom is 0.192 e. The molecule has 0 saturated heterocycles. The van der Waals surface area contributed by atoms with Crippen molar-refractivity contribution in [3.05, 3.63) is 112 Å². The quantitative estimate of drug-likeness (QED) is 0.117. The van der Waals surface area contributed by atoms with Gasteiger partial charge in [0.1, 0.15) is 23.2 Å². The number of halogens is 2. The summed E-state index contributed by atoms with van der Waals surface area (Å²) in [6, 6.07) is 33.1. The van der Waals surface area contributed by atoms with Gasteiger partial charge in [-0.25, -0.2) is 4.98 Å².